The molecular weight excluding hydrogens is 168 g/mol. The molecule has 0 radical (unpaired) electrons. The summed E-state index contributed by atoms with van der Waals surface area (Å²) in [7, 11) is 1.67. The van der Waals surface area contributed by atoms with E-state index in [1.807, 2.05) is 6.92 Å². The third-order valence-electron chi connectivity index (χ3n) is 2.33. The number of amides is 1. The quantitative estimate of drug-likeness (QED) is 0.630. The fourth-order valence-electron chi connectivity index (χ4n) is 1.14. The second kappa shape index (κ2) is 5.19. The van der Waals surface area contributed by atoms with Gasteiger partial charge in [0, 0.05) is 26.6 Å². The summed E-state index contributed by atoms with van der Waals surface area (Å²) in [6.07, 6.45) is 1.53. The van der Waals surface area contributed by atoms with Crippen molar-refractivity contribution in [2.45, 2.75) is 31.9 Å². The summed E-state index contributed by atoms with van der Waals surface area (Å²) in [5.74, 6) is 0.135. The van der Waals surface area contributed by atoms with Gasteiger partial charge in [0.25, 0.3) is 0 Å². The Labute approximate surface area is 79.0 Å². The lowest BCUT2D eigenvalue weighted by Crippen LogP contribution is -2.56. The number of carbonyl (C=O) groups excluding carboxylic acids is 1. The van der Waals surface area contributed by atoms with Crippen LogP contribution in [-0.4, -0.2) is 38.3 Å². The monoisotopic (exact) mass is 186 g/mol. The van der Waals surface area contributed by atoms with E-state index >= 15 is 0 Å². The molecule has 4 heteroatoms. The van der Waals surface area contributed by atoms with E-state index < -0.39 is 0 Å². The van der Waals surface area contributed by atoms with Crippen LogP contribution in [0.3, 0.4) is 0 Å². The minimum atomic E-state index is 0.135. The van der Waals surface area contributed by atoms with E-state index in [1.165, 1.54) is 0 Å². The van der Waals surface area contributed by atoms with Crippen molar-refractivity contribution < 1.29 is 9.53 Å². The lowest BCUT2D eigenvalue weighted by Gasteiger charge is -2.28. The topological polar surface area (TPSA) is 50.4 Å². The van der Waals surface area contributed by atoms with Crippen LogP contribution >= 0.6 is 0 Å². The van der Waals surface area contributed by atoms with E-state index in [0.717, 1.165) is 19.5 Å². The summed E-state index contributed by atoms with van der Waals surface area (Å²) in [5, 5.41) is 6.04. The zero-order valence-electron chi connectivity index (χ0n) is 8.30. The predicted molar refractivity (Wildman–Crippen MR) is 50.5 cm³/mol. The maximum atomic E-state index is 11.3. The molecule has 0 aromatic rings. The molecule has 1 saturated heterocycles. The number of carbonyl (C=O) groups is 1. The van der Waals surface area contributed by atoms with Crippen molar-refractivity contribution in [1.82, 2.24) is 10.6 Å². The van der Waals surface area contributed by atoms with Gasteiger partial charge in [-0.3, -0.25) is 4.79 Å². The average Bonchev–Trinajstić information content (AvgIpc) is 2.07. The van der Waals surface area contributed by atoms with Gasteiger partial charge in [-0.2, -0.15) is 0 Å². The van der Waals surface area contributed by atoms with Crippen LogP contribution in [0.5, 0.6) is 0 Å². The van der Waals surface area contributed by atoms with E-state index in [0.29, 0.717) is 12.5 Å². The number of hydrogen-bond acceptors (Lipinski definition) is 3. The highest BCUT2D eigenvalue weighted by Crippen LogP contribution is 2.00. The van der Waals surface area contributed by atoms with Crippen molar-refractivity contribution >= 4 is 5.91 Å². The van der Waals surface area contributed by atoms with Gasteiger partial charge in [0.2, 0.25) is 5.91 Å². The number of methoxy groups -OCH3 is 1. The highest BCUT2D eigenvalue weighted by molar-refractivity contribution is 5.76. The van der Waals surface area contributed by atoms with Crippen LogP contribution in [0.2, 0.25) is 0 Å². The van der Waals surface area contributed by atoms with Crippen molar-refractivity contribution in [2.24, 2.45) is 0 Å². The van der Waals surface area contributed by atoms with Gasteiger partial charge in [-0.05, 0) is 13.3 Å². The summed E-state index contributed by atoms with van der Waals surface area (Å²) in [6.45, 7) is 3.79. The molecular formula is C9H18N2O2. The van der Waals surface area contributed by atoms with E-state index in [9.17, 15) is 4.79 Å². The van der Waals surface area contributed by atoms with Crippen molar-refractivity contribution in [3.05, 3.63) is 0 Å². The molecule has 1 atom stereocenters. The van der Waals surface area contributed by atoms with Crippen LogP contribution < -0.4 is 10.6 Å². The Hall–Kier alpha value is -0.610. The molecule has 2 N–H and O–H groups in total. The van der Waals surface area contributed by atoms with Gasteiger partial charge in [0.05, 0.1) is 12.1 Å². The van der Waals surface area contributed by atoms with E-state index in [2.05, 4.69) is 10.6 Å². The third-order valence-corrected chi connectivity index (χ3v) is 2.33. The van der Waals surface area contributed by atoms with Crippen LogP contribution in [0.4, 0.5) is 0 Å². The Balaban J connectivity index is 2.03. The molecule has 0 spiro atoms. The van der Waals surface area contributed by atoms with Gasteiger partial charge in [-0.1, -0.05) is 0 Å². The van der Waals surface area contributed by atoms with Gasteiger partial charge in [-0.25, -0.2) is 0 Å². The Bertz CT molecular complexity index is 169. The highest BCUT2D eigenvalue weighted by Gasteiger charge is 2.18. The van der Waals surface area contributed by atoms with Crippen molar-refractivity contribution in [2.75, 3.05) is 20.2 Å². The predicted octanol–water partition coefficient (Wildman–Crippen LogP) is -0.110. The highest BCUT2D eigenvalue weighted by atomic mass is 16.5. The standard InChI is InChI=1S/C9H18N2O2/c1-7(13-2)3-4-9(12)11-8-5-10-6-8/h7-8,10H,3-6H2,1-2H3,(H,11,12). The number of nitrogens with one attached hydrogen (secondary N) is 2. The molecule has 76 valence electrons. The minimum Gasteiger partial charge on any atom is -0.382 e. The normalized spacial score (nSPS) is 19.2. The molecule has 0 saturated carbocycles. The molecule has 1 heterocycles. The molecule has 4 nitrogen and oxygen atoms in total. The summed E-state index contributed by atoms with van der Waals surface area (Å²) in [6, 6.07) is 0.352. The Kier molecular flexibility index (Phi) is 4.18. The van der Waals surface area contributed by atoms with Crippen LogP contribution in [0, 0.1) is 0 Å². The minimum absolute atomic E-state index is 0.135. The van der Waals surface area contributed by atoms with Crippen LogP contribution in [0.1, 0.15) is 19.8 Å². The number of rotatable bonds is 5. The second-order valence-electron chi connectivity index (χ2n) is 3.51. The third kappa shape index (κ3) is 3.74. The molecule has 1 aliphatic heterocycles. The summed E-state index contributed by atoms with van der Waals surface area (Å²) >= 11 is 0. The van der Waals surface area contributed by atoms with Crippen molar-refractivity contribution in [1.29, 1.82) is 0 Å². The first-order valence-corrected chi connectivity index (χ1v) is 4.75. The van der Waals surface area contributed by atoms with Gasteiger partial charge in [0.15, 0.2) is 0 Å². The summed E-state index contributed by atoms with van der Waals surface area (Å²) < 4.78 is 5.05. The van der Waals surface area contributed by atoms with Crippen molar-refractivity contribution in [3.63, 3.8) is 0 Å². The maximum absolute atomic E-state index is 11.3. The zero-order valence-corrected chi connectivity index (χ0v) is 8.30. The molecule has 0 aromatic heterocycles. The smallest absolute Gasteiger partial charge is 0.220 e. The molecule has 1 fully saturated rings. The molecule has 1 unspecified atom stereocenters. The lowest BCUT2D eigenvalue weighted by molar-refractivity contribution is -0.122. The van der Waals surface area contributed by atoms with Gasteiger partial charge < -0.3 is 15.4 Å². The molecule has 1 aliphatic rings. The zero-order chi connectivity index (χ0) is 9.68. The van der Waals surface area contributed by atoms with E-state index in [1.54, 1.807) is 7.11 Å². The Morgan fingerprint density at radius 2 is 2.38 bits per heavy atom. The molecule has 0 aliphatic carbocycles. The van der Waals surface area contributed by atoms with Crippen LogP contribution in [0.25, 0.3) is 0 Å². The average molecular weight is 186 g/mol. The summed E-state index contributed by atoms with van der Waals surface area (Å²) in [5.41, 5.74) is 0. The molecule has 0 aromatic carbocycles. The Morgan fingerprint density at radius 1 is 1.69 bits per heavy atom. The van der Waals surface area contributed by atoms with E-state index in [-0.39, 0.29) is 12.0 Å². The first-order valence-electron chi connectivity index (χ1n) is 4.75. The Morgan fingerprint density at radius 3 is 2.85 bits per heavy atom. The van der Waals surface area contributed by atoms with Gasteiger partial charge in [0.1, 0.15) is 0 Å². The van der Waals surface area contributed by atoms with Crippen LogP contribution in [0.15, 0.2) is 0 Å². The molecule has 13 heavy (non-hydrogen) atoms. The fraction of sp³-hybridized carbons (Fsp3) is 0.889. The fourth-order valence-corrected chi connectivity index (χ4v) is 1.14. The first-order chi connectivity index (χ1) is 6.22. The SMILES string of the molecule is COC(C)CCC(=O)NC1CNC1. The largest absolute Gasteiger partial charge is 0.382 e. The molecule has 0 bridgehead atoms. The van der Waals surface area contributed by atoms with Crippen LogP contribution in [-0.2, 0) is 9.53 Å². The first kappa shape index (κ1) is 10.5. The van der Waals surface area contributed by atoms with Gasteiger partial charge in [-0.15, -0.1) is 0 Å². The number of hydrogen-bond donors (Lipinski definition) is 2. The lowest BCUT2D eigenvalue weighted by atomic mass is 10.1. The molecule has 1 amide bonds. The van der Waals surface area contributed by atoms with Crippen molar-refractivity contribution in [3.8, 4) is 0 Å². The second-order valence-corrected chi connectivity index (χ2v) is 3.51. The summed E-state index contributed by atoms with van der Waals surface area (Å²) in [4.78, 5) is 11.3. The number of ether oxygens (including phenoxy) is 1. The van der Waals surface area contributed by atoms with Gasteiger partial charge >= 0.3 is 0 Å². The van der Waals surface area contributed by atoms with E-state index in [4.69, 9.17) is 4.74 Å². The maximum Gasteiger partial charge on any atom is 0.220 e. The molecule has 1 rings (SSSR count).